The molecule has 0 aliphatic carbocycles. The molecular weight excluding hydrogens is 306 g/mol. The SMILES string of the molecule is Cc1ccccc1-c1nnc(SCc2ccc(C#N)cc2)n1N. The highest BCUT2D eigenvalue weighted by Gasteiger charge is 2.13. The van der Waals surface area contributed by atoms with E-state index in [4.69, 9.17) is 11.1 Å². The third-order valence-corrected chi connectivity index (χ3v) is 4.52. The predicted molar refractivity (Wildman–Crippen MR) is 91.1 cm³/mol. The minimum atomic E-state index is 0.655. The molecule has 0 saturated heterocycles. The van der Waals surface area contributed by atoms with E-state index in [9.17, 15) is 0 Å². The summed E-state index contributed by atoms with van der Waals surface area (Å²) in [6, 6.07) is 17.5. The molecule has 114 valence electrons. The zero-order valence-corrected chi connectivity index (χ0v) is 13.4. The van der Waals surface area contributed by atoms with Gasteiger partial charge in [0.1, 0.15) is 0 Å². The number of nitrogens with zero attached hydrogens (tertiary/aromatic N) is 4. The summed E-state index contributed by atoms with van der Waals surface area (Å²) in [6.07, 6.45) is 0. The molecule has 2 aromatic carbocycles. The van der Waals surface area contributed by atoms with Gasteiger partial charge in [-0.3, -0.25) is 0 Å². The average Bonchev–Trinajstić information content (AvgIpc) is 2.94. The monoisotopic (exact) mass is 321 g/mol. The topological polar surface area (TPSA) is 80.5 Å². The summed E-state index contributed by atoms with van der Waals surface area (Å²) in [6.45, 7) is 2.02. The molecule has 0 aliphatic rings. The molecule has 0 unspecified atom stereocenters. The van der Waals surface area contributed by atoms with Crippen LogP contribution >= 0.6 is 11.8 Å². The van der Waals surface area contributed by atoms with Crippen molar-refractivity contribution in [1.29, 1.82) is 5.26 Å². The summed E-state index contributed by atoms with van der Waals surface area (Å²) in [5.41, 5.74) is 3.85. The van der Waals surface area contributed by atoms with Gasteiger partial charge in [-0.2, -0.15) is 5.26 Å². The molecule has 0 fully saturated rings. The van der Waals surface area contributed by atoms with Gasteiger partial charge in [0.2, 0.25) is 5.16 Å². The van der Waals surface area contributed by atoms with Crippen molar-refractivity contribution >= 4 is 11.8 Å². The number of thioether (sulfide) groups is 1. The van der Waals surface area contributed by atoms with Crippen molar-refractivity contribution in [2.24, 2.45) is 0 Å². The first kappa shape index (κ1) is 15.1. The van der Waals surface area contributed by atoms with Gasteiger partial charge in [-0.05, 0) is 30.2 Å². The van der Waals surface area contributed by atoms with E-state index in [1.54, 1.807) is 0 Å². The van der Waals surface area contributed by atoms with Gasteiger partial charge in [0, 0.05) is 11.3 Å². The van der Waals surface area contributed by atoms with Crippen LogP contribution in [0.15, 0.2) is 53.7 Å². The molecule has 0 amide bonds. The minimum absolute atomic E-state index is 0.655. The zero-order valence-electron chi connectivity index (χ0n) is 12.6. The van der Waals surface area contributed by atoms with E-state index in [-0.39, 0.29) is 0 Å². The third-order valence-electron chi connectivity index (χ3n) is 3.50. The van der Waals surface area contributed by atoms with E-state index >= 15 is 0 Å². The highest BCUT2D eigenvalue weighted by Crippen LogP contribution is 2.26. The molecule has 1 aromatic heterocycles. The van der Waals surface area contributed by atoms with Crippen molar-refractivity contribution in [3.05, 3.63) is 65.2 Å². The summed E-state index contributed by atoms with van der Waals surface area (Å²) in [7, 11) is 0. The van der Waals surface area contributed by atoms with Gasteiger partial charge in [-0.1, -0.05) is 48.2 Å². The minimum Gasteiger partial charge on any atom is -0.335 e. The van der Waals surface area contributed by atoms with E-state index in [1.165, 1.54) is 16.4 Å². The molecule has 3 aromatic rings. The Bertz CT molecular complexity index is 861. The molecule has 23 heavy (non-hydrogen) atoms. The summed E-state index contributed by atoms with van der Waals surface area (Å²) in [5.74, 6) is 7.52. The van der Waals surface area contributed by atoms with Crippen molar-refractivity contribution in [2.45, 2.75) is 17.8 Å². The lowest BCUT2D eigenvalue weighted by Crippen LogP contribution is -2.12. The van der Waals surface area contributed by atoms with Gasteiger partial charge in [-0.15, -0.1) is 10.2 Å². The maximum atomic E-state index is 8.81. The second-order valence-corrected chi connectivity index (χ2v) is 6.03. The van der Waals surface area contributed by atoms with Crippen LogP contribution in [0.3, 0.4) is 0 Å². The maximum Gasteiger partial charge on any atom is 0.210 e. The van der Waals surface area contributed by atoms with Crippen LogP contribution < -0.4 is 5.84 Å². The first-order valence-electron chi connectivity index (χ1n) is 7.07. The molecule has 0 spiro atoms. The number of aromatic nitrogens is 3. The number of hydrogen-bond acceptors (Lipinski definition) is 5. The normalized spacial score (nSPS) is 10.4. The van der Waals surface area contributed by atoms with Gasteiger partial charge in [-0.25, -0.2) is 4.68 Å². The van der Waals surface area contributed by atoms with Crippen molar-refractivity contribution in [3.63, 3.8) is 0 Å². The summed E-state index contributed by atoms with van der Waals surface area (Å²) < 4.78 is 1.52. The average molecular weight is 321 g/mol. The quantitative estimate of drug-likeness (QED) is 0.590. The Morgan fingerprint density at radius 2 is 1.87 bits per heavy atom. The fraction of sp³-hybridized carbons (Fsp3) is 0.118. The number of benzene rings is 2. The van der Waals surface area contributed by atoms with Crippen molar-refractivity contribution in [3.8, 4) is 17.5 Å². The molecule has 2 N–H and O–H groups in total. The molecule has 0 atom stereocenters. The van der Waals surface area contributed by atoms with E-state index in [0.717, 1.165) is 22.4 Å². The number of hydrogen-bond donors (Lipinski definition) is 1. The molecular formula is C17H15N5S. The van der Waals surface area contributed by atoms with Crippen LogP contribution in [-0.4, -0.2) is 14.9 Å². The number of nitriles is 1. The van der Waals surface area contributed by atoms with Crippen LogP contribution in [-0.2, 0) is 5.75 Å². The molecule has 0 saturated carbocycles. The van der Waals surface area contributed by atoms with Gasteiger partial charge < -0.3 is 5.84 Å². The standard InChI is InChI=1S/C17H15N5S/c1-12-4-2-3-5-15(12)16-20-21-17(22(16)19)23-11-14-8-6-13(10-18)7-9-14/h2-9H,11,19H2,1H3. The van der Waals surface area contributed by atoms with Crippen LogP contribution in [0, 0.1) is 18.3 Å². The Morgan fingerprint density at radius 3 is 2.57 bits per heavy atom. The zero-order chi connectivity index (χ0) is 16.2. The molecule has 0 radical (unpaired) electrons. The van der Waals surface area contributed by atoms with E-state index < -0.39 is 0 Å². The molecule has 5 nitrogen and oxygen atoms in total. The first-order valence-corrected chi connectivity index (χ1v) is 8.06. The highest BCUT2D eigenvalue weighted by molar-refractivity contribution is 7.98. The van der Waals surface area contributed by atoms with Crippen LogP contribution in [0.2, 0.25) is 0 Å². The summed E-state index contributed by atoms with van der Waals surface area (Å²) in [4.78, 5) is 0. The van der Waals surface area contributed by atoms with Crippen LogP contribution in [0.4, 0.5) is 0 Å². The predicted octanol–water partition coefficient (Wildman–Crippen LogP) is 3.13. The summed E-state index contributed by atoms with van der Waals surface area (Å²) in [5, 5.41) is 17.9. The number of nitrogens with two attached hydrogens (primary N) is 1. The van der Waals surface area contributed by atoms with Gasteiger partial charge in [0.15, 0.2) is 5.82 Å². The Kier molecular flexibility index (Phi) is 4.31. The lowest BCUT2D eigenvalue weighted by atomic mass is 10.1. The highest BCUT2D eigenvalue weighted by atomic mass is 32.2. The Labute approximate surface area is 138 Å². The molecule has 0 bridgehead atoms. The van der Waals surface area contributed by atoms with Crippen LogP contribution in [0.1, 0.15) is 16.7 Å². The molecule has 6 heteroatoms. The Balaban J connectivity index is 1.77. The molecule has 0 aliphatic heterocycles. The Hall–Kier alpha value is -2.78. The van der Waals surface area contributed by atoms with Crippen LogP contribution in [0.5, 0.6) is 0 Å². The molecule has 3 rings (SSSR count). The van der Waals surface area contributed by atoms with Crippen molar-refractivity contribution in [1.82, 2.24) is 14.9 Å². The van der Waals surface area contributed by atoms with E-state index in [1.807, 2.05) is 55.5 Å². The van der Waals surface area contributed by atoms with Gasteiger partial charge in [0.25, 0.3) is 0 Å². The van der Waals surface area contributed by atoms with Crippen LogP contribution in [0.25, 0.3) is 11.4 Å². The first-order chi connectivity index (χ1) is 11.2. The van der Waals surface area contributed by atoms with E-state index in [2.05, 4.69) is 16.3 Å². The smallest absolute Gasteiger partial charge is 0.210 e. The molecule has 1 heterocycles. The van der Waals surface area contributed by atoms with Crippen molar-refractivity contribution in [2.75, 3.05) is 5.84 Å². The Morgan fingerprint density at radius 1 is 1.13 bits per heavy atom. The van der Waals surface area contributed by atoms with Gasteiger partial charge >= 0.3 is 0 Å². The second kappa shape index (κ2) is 6.55. The largest absolute Gasteiger partial charge is 0.335 e. The number of nitrogen functional groups attached to an aromatic ring is 1. The van der Waals surface area contributed by atoms with Gasteiger partial charge in [0.05, 0.1) is 11.6 Å². The third kappa shape index (κ3) is 3.20. The lowest BCUT2D eigenvalue weighted by molar-refractivity contribution is 0.849. The maximum absolute atomic E-state index is 8.81. The number of rotatable bonds is 4. The second-order valence-electron chi connectivity index (χ2n) is 5.09. The van der Waals surface area contributed by atoms with Crippen molar-refractivity contribution < 1.29 is 0 Å². The number of aryl methyl sites for hydroxylation is 1. The lowest BCUT2D eigenvalue weighted by Gasteiger charge is -2.06. The summed E-state index contributed by atoms with van der Waals surface area (Å²) >= 11 is 1.52. The fourth-order valence-corrected chi connectivity index (χ4v) is 3.02. The van der Waals surface area contributed by atoms with E-state index in [0.29, 0.717) is 16.5 Å². The fourth-order valence-electron chi connectivity index (χ4n) is 2.21.